The Balaban J connectivity index is 3.18. The Morgan fingerprint density at radius 3 is 2.69 bits per heavy atom. The lowest BCUT2D eigenvalue weighted by Gasteiger charge is -2.13. The fraction of sp³-hybridized carbons (Fsp3) is 0.222. The zero-order chi connectivity index (χ0) is 10.1. The molecule has 0 spiro atoms. The van der Waals surface area contributed by atoms with E-state index in [1.807, 2.05) is 0 Å². The molecular weight excluding hydrogens is 195 g/mol. The van der Waals surface area contributed by atoms with Crippen molar-refractivity contribution in [1.82, 2.24) is 0 Å². The van der Waals surface area contributed by atoms with Crippen molar-refractivity contribution in [3.63, 3.8) is 0 Å². The lowest BCUT2D eigenvalue weighted by atomic mass is 10.00. The largest absolute Gasteiger partial charge is 0.506 e. The van der Waals surface area contributed by atoms with E-state index in [4.69, 9.17) is 16.7 Å². The van der Waals surface area contributed by atoms with Gasteiger partial charge in [-0.1, -0.05) is 17.7 Å². The molecule has 0 aromatic heterocycles. The van der Waals surface area contributed by atoms with Gasteiger partial charge in [0.1, 0.15) is 5.75 Å². The van der Waals surface area contributed by atoms with E-state index in [-0.39, 0.29) is 22.6 Å². The monoisotopic (exact) mass is 202 g/mol. The highest BCUT2D eigenvalue weighted by Crippen LogP contribution is 2.30. The van der Waals surface area contributed by atoms with E-state index in [0.717, 1.165) is 6.92 Å². The van der Waals surface area contributed by atoms with Crippen molar-refractivity contribution in [1.29, 1.82) is 0 Å². The van der Waals surface area contributed by atoms with Crippen molar-refractivity contribution in [2.75, 3.05) is 0 Å². The Hall–Kier alpha value is -1.09. The normalized spacial score (nSPS) is 15.0. The number of rotatable bonds is 2. The molecule has 0 bridgehead atoms. The van der Waals surface area contributed by atoms with Crippen molar-refractivity contribution in [2.45, 2.75) is 12.6 Å². The molecule has 0 saturated carbocycles. The summed E-state index contributed by atoms with van der Waals surface area (Å²) in [5.41, 5.74) is -1.93. The summed E-state index contributed by atoms with van der Waals surface area (Å²) in [6.45, 7) is 1.13. The lowest BCUT2D eigenvalue weighted by molar-refractivity contribution is -0.117. The van der Waals surface area contributed by atoms with Crippen LogP contribution in [-0.4, -0.2) is 11.4 Å². The second kappa shape index (κ2) is 3.34. The van der Waals surface area contributed by atoms with E-state index in [0.29, 0.717) is 0 Å². The Morgan fingerprint density at radius 1 is 1.62 bits per heavy atom. The van der Waals surface area contributed by atoms with E-state index in [2.05, 4.69) is 0 Å². The topological polar surface area (TPSA) is 37.3 Å². The molecular formula is C9H8ClFO2. The van der Waals surface area contributed by atoms with Gasteiger partial charge in [-0.3, -0.25) is 4.79 Å². The second-order valence-corrected chi connectivity index (χ2v) is 3.27. The Labute approximate surface area is 80.0 Å². The summed E-state index contributed by atoms with van der Waals surface area (Å²) < 4.78 is 13.4. The standard InChI is InChI=1S/C9H8ClFO2/c1-9(11,5-12)6-2-3-8(13)7(10)4-6/h2-5,13H,1H3. The van der Waals surface area contributed by atoms with Crippen LogP contribution < -0.4 is 0 Å². The summed E-state index contributed by atoms with van der Waals surface area (Å²) in [7, 11) is 0. The van der Waals surface area contributed by atoms with Crippen LogP contribution in [0.5, 0.6) is 5.75 Å². The number of aldehydes is 1. The predicted molar refractivity (Wildman–Crippen MR) is 47.6 cm³/mol. The molecule has 0 amide bonds. The van der Waals surface area contributed by atoms with Gasteiger partial charge in [0.05, 0.1) is 5.02 Å². The van der Waals surface area contributed by atoms with Gasteiger partial charge in [0.2, 0.25) is 0 Å². The van der Waals surface area contributed by atoms with Crippen LogP contribution in [0, 0.1) is 0 Å². The highest BCUT2D eigenvalue weighted by Gasteiger charge is 2.25. The molecule has 2 nitrogen and oxygen atoms in total. The molecule has 70 valence electrons. The maximum Gasteiger partial charge on any atom is 0.188 e. The zero-order valence-electron chi connectivity index (χ0n) is 6.92. The molecule has 0 fully saturated rings. The average molecular weight is 203 g/mol. The number of phenols is 1. The third-order valence-electron chi connectivity index (χ3n) is 1.73. The lowest BCUT2D eigenvalue weighted by Crippen LogP contribution is -2.16. The first-order chi connectivity index (χ1) is 5.97. The minimum Gasteiger partial charge on any atom is -0.506 e. The molecule has 1 aromatic carbocycles. The predicted octanol–water partition coefficient (Wildman–Crippen LogP) is 2.43. The number of hydrogen-bond donors (Lipinski definition) is 1. The van der Waals surface area contributed by atoms with Crippen LogP contribution >= 0.6 is 11.6 Å². The van der Waals surface area contributed by atoms with Crippen LogP contribution in [0.2, 0.25) is 5.02 Å². The molecule has 1 aromatic rings. The number of carbonyl (C=O) groups excluding carboxylic acids is 1. The maximum atomic E-state index is 13.4. The van der Waals surface area contributed by atoms with Crippen LogP contribution in [0.25, 0.3) is 0 Å². The third kappa shape index (κ3) is 1.98. The Bertz CT molecular complexity index is 336. The van der Waals surface area contributed by atoms with E-state index in [1.165, 1.54) is 18.2 Å². The number of benzene rings is 1. The summed E-state index contributed by atoms with van der Waals surface area (Å²) in [5, 5.41) is 9.07. The summed E-state index contributed by atoms with van der Waals surface area (Å²) in [6, 6.07) is 3.79. The van der Waals surface area contributed by atoms with Gasteiger partial charge >= 0.3 is 0 Å². The number of hydrogen-bond acceptors (Lipinski definition) is 2. The molecule has 0 aliphatic carbocycles. The number of halogens is 2. The van der Waals surface area contributed by atoms with Gasteiger partial charge in [0.15, 0.2) is 12.0 Å². The minimum absolute atomic E-state index is 0.0308. The van der Waals surface area contributed by atoms with Crippen molar-refractivity contribution in [3.8, 4) is 5.75 Å². The molecule has 0 heterocycles. The van der Waals surface area contributed by atoms with Gasteiger partial charge in [0.25, 0.3) is 0 Å². The van der Waals surface area contributed by atoms with E-state index in [9.17, 15) is 9.18 Å². The fourth-order valence-corrected chi connectivity index (χ4v) is 1.06. The minimum atomic E-state index is -2.06. The maximum absolute atomic E-state index is 13.4. The first-order valence-electron chi connectivity index (χ1n) is 3.61. The quantitative estimate of drug-likeness (QED) is 0.748. The summed E-state index contributed by atoms with van der Waals surface area (Å²) in [5.74, 6) is -0.132. The van der Waals surface area contributed by atoms with Crippen LogP contribution in [0.1, 0.15) is 12.5 Å². The van der Waals surface area contributed by atoms with Crippen LogP contribution in [0.3, 0.4) is 0 Å². The molecule has 0 saturated heterocycles. The van der Waals surface area contributed by atoms with Crippen LogP contribution in [0.4, 0.5) is 4.39 Å². The van der Waals surface area contributed by atoms with Gasteiger partial charge < -0.3 is 5.11 Å². The molecule has 4 heteroatoms. The molecule has 1 rings (SSSR count). The molecule has 0 radical (unpaired) electrons. The van der Waals surface area contributed by atoms with E-state index >= 15 is 0 Å². The van der Waals surface area contributed by atoms with Gasteiger partial charge in [-0.2, -0.15) is 0 Å². The van der Waals surface area contributed by atoms with Crippen molar-refractivity contribution in [3.05, 3.63) is 28.8 Å². The van der Waals surface area contributed by atoms with Gasteiger partial charge in [0, 0.05) is 0 Å². The molecule has 0 aliphatic rings. The Morgan fingerprint density at radius 2 is 2.23 bits per heavy atom. The molecule has 13 heavy (non-hydrogen) atoms. The third-order valence-corrected chi connectivity index (χ3v) is 2.04. The number of carbonyl (C=O) groups is 1. The smallest absolute Gasteiger partial charge is 0.188 e. The molecule has 1 N–H and O–H groups in total. The van der Waals surface area contributed by atoms with Gasteiger partial charge in [-0.15, -0.1) is 0 Å². The van der Waals surface area contributed by atoms with Crippen LogP contribution in [0.15, 0.2) is 18.2 Å². The van der Waals surface area contributed by atoms with Crippen LogP contribution in [-0.2, 0) is 10.5 Å². The highest BCUT2D eigenvalue weighted by molar-refractivity contribution is 6.32. The van der Waals surface area contributed by atoms with E-state index in [1.54, 1.807) is 0 Å². The first-order valence-corrected chi connectivity index (χ1v) is 3.99. The second-order valence-electron chi connectivity index (χ2n) is 2.86. The summed E-state index contributed by atoms with van der Waals surface area (Å²) in [6.07, 6.45) is 0.190. The van der Waals surface area contributed by atoms with Crippen molar-refractivity contribution < 1.29 is 14.3 Å². The first kappa shape index (κ1) is 9.99. The molecule has 0 aliphatic heterocycles. The van der Waals surface area contributed by atoms with Gasteiger partial charge in [-0.25, -0.2) is 4.39 Å². The summed E-state index contributed by atoms with van der Waals surface area (Å²) >= 11 is 5.54. The van der Waals surface area contributed by atoms with E-state index < -0.39 is 5.67 Å². The number of phenolic OH excluding ortho intramolecular Hbond substituents is 1. The SMILES string of the molecule is CC(F)(C=O)c1ccc(O)c(Cl)c1. The molecule has 1 unspecified atom stereocenters. The molecule has 1 atom stereocenters. The number of aromatic hydroxyl groups is 1. The van der Waals surface area contributed by atoms with Crippen molar-refractivity contribution in [2.24, 2.45) is 0 Å². The Kier molecular flexibility index (Phi) is 2.57. The van der Waals surface area contributed by atoms with Gasteiger partial charge in [-0.05, 0) is 24.6 Å². The highest BCUT2D eigenvalue weighted by atomic mass is 35.5. The number of alkyl halides is 1. The average Bonchev–Trinajstić information content (AvgIpc) is 2.09. The zero-order valence-corrected chi connectivity index (χ0v) is 7.68. The summed E-state index contributed by atoms with van der Waals surface area (Å²) in [4.78, 5) is 10.3. The fourth-order valence-electron chi connectivity index (χ4n) is 0.879. The van der Waals surface area contributed by atoms with Crippen molar-refractivity contribution >= 4 is 17.9 Å².